The zero-order valence-electron chi connectivity index (χ0n) is 16.8. The van der Waals surface area contributed by atoms with Crippen molar-refractivity contribution in [2.45, 2.75) is 39.0 Å². The molecule has 1 aliphatic rings. The number of pyridine rings is 1. The molecule has 0 saturated carbocycles. The number of para-hydroxylation sites is 1. The van der Waals surface area contributed by atoms with Crippen molar-refractivity contribution in [2.24, 2.45) is 0 Å². The fraction of sp³-hybridized carbons (Fsp3) is 0.292. The van der Waals surface area contributed by atoms with Crippen molar-refractivity contribution < 1.29 is 14.3 Å². The first-order valence-electron chi connectivity index (χ1n) is 10.2. The summed E-state index contributed by atoms with van der Waals surface area (Å²) in [4.78, 5) is 30.1. The van der Waals surface area contributed by atoms with Crippen LogP contribution in [-0.4, -0.2) is 23.5 Å². The molecule has 0 fully saturated rings. The molecule has 5 nitrogen and oxygen atoms in total. The van der Waals surface area contributed by atoms with E-state index in [0.29, 0.717) is 16.3 Å². The van der Waals surface area contributed by atoms with Gasteiger partial charge < -0.3 is 10.1 Å². The zero-order chi connectivity index (χ0) is 21.1. The summed E-state index contributed by atoms with van der Waals surface area (Å²) in [5, 5.41) is 4.05. The topological polar surface area (TPSA) is 68.3 Å². The van der Waals surface area contributed by atoms with Crippen molar-refractivity contribution in [3.8, 4) is 0 Å². The lowest BCUT2D eigenvalue weighted by atomic mass is 9.97. The number of nitrogens with one attached hydrogen (secondary N) is 1. The largest absolute Gasteiger partial charge is 0.452 e. The van der Waals surface area contributed by atoms with Gasteiger partial charge in [-0.25, -0.2) is 4.79 Å². The van der Waals surface area contributed by atoms with E-state index in [0.717, 1.165) is 59.8 Å². The van der Waals surface area contributed by atoms with Crippen LogP contribution in [0, 0.1) is 6.92 Å². The number of carbonyl (C=O) groups is 2. The van der Waals surface area contributed by atoms with Crippen LogP contribution in [0.3, 0.4) is 0 Å². The molecular weight excluding hydrogens is 400 g/mol. The maximum absolute atomic E-state index is 13.0. The number of anilines is 1. The summed E-state index contributed by atoms with van der Waals surface area (Å²) in [7, 11) is 0. The second-order valence-electron chi connectivity index (χ2n) is 7.58. The van der Waals surface area contributed by atoms with Crippen molar-refractivity contribution >= 4 is 40.1 Å². The molecule has 6 heteroatoms. The first-order chi connectivity index (χ1) is 14.5. The summed E-state index contributed by atoms with van der Waals surface area (Å²) in [6.07, 6.45) is 4.85. The first-order valence-corrected chi connectivity index (χ1v) is 10.5. The van der Waals surface area contributed by atoms with Gasteiger partial charge in [-0.2, -0.15) is 0 Å². The lowest BCUT2D eigenvalue weighted by Gasteiger charge is -2.15. The third-order valence-corrected chi connectivity index (χ3v) is 5.82. The van der Waals surface area contributed by atoms with Gasteiger partial charge in [-0.15, -0.1) is 0 Å². The Morgan fingerprint density at radius 1 is 1.10 bits per heavy atom. The van der Waals surface area contributed by atoms with Crippen molar-refractivity contribution in [2.75, 3.05) is 11.9 Å². The van der Waals surface area contributed by atoms with Crippen LogP contribution in [0.2, 0.25) is 5.02 Å². The number of ether oxygens (including phenoxy) is 1. The van der Waals surface area contributed by atoms with E-state index in [-0.39, 0.29) is 6.61 Å². The second kappa shape index (κ2) is 8.84. The number of halogens is 1. The van der Waals surface area contributed by atoms with E-state index in [1.165, 1.54) is 0 Å². The molecule has 154 valence electrons. The smallest absolute Gasteiger partial charge is 0.339 e. The van der Waals surface area contributed by atoms with Gasteiger partial charge in [0.25, 0.3) is 5.91 Å². The molecule has 0 aliphatic heterocycles. The highest BCUT2D eigenvalue weighted by atomic mass is 35.5. The summed E-state index contributed by atoms with van der Waals surface area (Å²) in [6.45, 7) is 1.52. The summed E-state index contributed by atoms with van der Waals surface area (Å²) in [6, 6.07) is 12.8. The number of hydrogen-bond acceptors (Lipinski definition) is 4. The maximum Gasteiger partial charge on any atom is 0.339 e. The van der Waals surface area contributed by atoms with Crippen LogP contribution in [0.1, 0.15) is 46.4 Å². The molecule has 0 saturated heterocycles. The van der Waals surface area contributed by atoms with E-state index in [4.69, 9.17) is 21.3 Å². The first kappa shape index (κ1) is 20.4. The lowest BCUT2D eigenvalue weighted by molar-refractivity contribution is -0.119. The molecule has 4 rings (SSSR count). The number of hydrogen-bond donors (Lipinski definition) is 1. The normalized spacial score (nSPS) is 13.4. The Morgan fingerprint density at radius 3 is 2.73 bits per heavy atom. The number of amides is 1. The van der Waals surface area contributed by atoms with Gasteiger partial charge >= 0.3 is 5.97 Å². The number of rotatable bonds is 4. The number of benzene rings is 2. The fourth-order valence-corrected chi connectivity index (χ4v) is 4.03. The van der Waals surface area contributed by atoms with Crippen LogP contribution in [0.15, 0.2) is 42.5 Å². The molecule has 1 aromatic heterocycles. The molecule has 1 N–H and O–H groups in total. The minimum atomic E-state index is -0.483. The molecule has 1 aliphatic carbocycles. The van der Waals surface area contributed by atoms with Gasteiger partial charge in [0, 0.05) is 21.8 Å². The zero-order valence-corrected chi connectivity index (χ0v) is 17.6. The van der Waals surface area contributed by atoms with Crippen molar-refractivity contribution in [3.05, 3.63) is 69.9 Å². The van der Waals surface area contributed by atoms with E-state index in [9.17, 15) is 9.59 Å². The summed E-state index contributed by atoms with van der Waals surface area (Å²) < 4.78 is 5.42. The minimum Gasteiger partial charge on any atom is -0.452 e. The summed E-state index contributed by atoms with van der Waals surface area (Å²) in [5.41, 5.74) is 4.74. The number of nitrogens with zero attached hydrogens (tertiary/aromatic N) is 1. The average Bonchev–Trinajstić information content (AvgIpc) is 2.98. The molecule has 0 bridgehead atoms. The van der Waals surface area contributed by atoms with Gasteiger partial charge in [0.05, 0.1) is 11.1 Å². The average molecular weight is 423 g/mol. The second-order valence-corrected chi connectivity index (χ2v) is 7.99. The molecular formula is C24H23ClN2O3. The number of aryl methyl sites for hydroxylation is 2. The predicted molar refractivity (Wildman–Crippen MR) is 118 cm³/mol. The molecule has 0 unspecified atom stereocenters. The Labute approximate surface area is 180 Å². The van der Waals surface area contributed by atoms with E-state index in [1.807, 2.05) is 37.3 Å². The highest BCUT2D eigenvalue weighted by molar-refractivity contribution is 6.31. The van der Waals surface area contributed by atoms with Crippen LogP contribution < -0.4 is 5.32 Å². The maximum atomic E-state index is 13.0. The molecule has 2 aromatic carbocycles. The number of fused-ring (bicyclic) bond motifs is 2. The highest BCUT2D eigenvalue weighted by Crippen LogP contribution is 2.29. The van der Waals surface area contributed by atoms with E-state index < -0.39 is 11.9 Å². The molecule has 0 spiro atoms. The van der Waals surface area contributed by atoms with Crippen molar-refractivity contribution in [1.29, 1.82) is 0 Å². The predicted octanol–water partition coefficient (Wildman–Crippen LogP) is 5.26. The molecule has 0 atom stereocenters. The number of carbonyl (C=O) groups excluding carboxylic acids is 2. The quantitative estimate of drug-likeness (QED) is 0.460. The van der Waals surface area contributed by atoms with Gasteiger partial charge in [0.1, 0.15) is 0 Å². The van der Waals surface area contributed by atoms with Crippen LogP contribution in [0.4, 0.5) is 5.69 Å². The Hall–Kier alpha value is -2.92. The minimum absolute atomic E-state index is 0.365. The Kier molecular flexibility index (Phi) is 6.00. The molecule has 1 amide bonds. The Bertz CT molecular complexity index is 1130. The van der Waals surface area contributed by atoms with Gasteiger partial charge in [0.15, 0.2) is 6.61 Å². The van der Waals surface area contributed by atoms with Gasteiger partial charge in [0.2, 0.25) is 0 Å². The van der Waals surface area contributed by atoms with Crippen LogP contribution in [0.5, 0.6) is 0 Å². The third-order valence-electron chi connectivity index (χ3n) is 5.41. The van der Waals surface area contributed by atoms with Crippen LogP contribution >= 0.6 is 11.6 Å². The number of esters is 1. The lowest BCUT2D eigenvalue weighted by Crippen LogP contribution is -2.22. The molecule has 3 aromatic rings. The molecule has 30 heavy (non-hydrogen) atoms. The van der Waals surface area contributed by atoms with Crippen molar-refractivity contribution in [3.63, 3.8) is 0 Å². The van der Waals surface area contributed by atoms with E-state index in [1.54, 1.807) is 12.1 Å². The highest BCUT2D eigenvalue weighted by Gasteiger charge is 2.23. The van der Waals surface area contributed by atoms with Crippen molar-refractivity contribution in [1.82, 2.24) is 4.98 Å². The number of aromatic nitrogens is 1. The van der Waals surface area contributed by atoms with E-state index >= 15 is 0 Å². The van der Waals surface area contributed by atoms with E-state index in [2.05, 4.69) is 5.32 Å². The van der Waals surface area contributed by atoms with Gasteiger partial charge in [-0.1, -0.05) is 42.3 Å². The summed E-state index contributed by atoms with van der Waals surface area (Å²) >= 11 is 6.10. The monoisotopic (exact) mass is 422 g/mol. The Morgan fingerprint density at radius 2 is 1.90 bits per heavy atom. The van der Waals surface area contributed by atoms with Crippen LogP contribution in [-0.2, 0) is 22.4 Å². The molecule has 0 radical (unpaired) electrons. The SMILES string of the molecule is Cc1ccc(NC(=O)COC(=O)c2c3c(nc4ccccc24)CCCCC3)cc1Cl. The molecule has 1 heterocycles. The summed E-state index contributed by atoms with van der Waals surface area (Å²) in [5.74, 6) is -0.892. The fourth-order valence-electron chi connectivity index (χ4n) is 3.85. The standard InChI is InChI=1S/C24H23ClN2O3/c1-15-11-12-16(13-19(15)25)26-22(28)14-30-24(29)23-17-7-3-2-4-9-20(17)27-21-10-6-5-8-18(21)23/h5-6,8,10-13H,2-4,7,9,14H2,1H3,(H,26,28). The van der Waals surface area contributed by atoms with Crippen LogP contribution in [0.25, 0.3) is 10.9 Å². The third kappa shape index (κ3) is 4.31. The Balaban J connectivity index is 1.55. The van der Waals surface area contributed by atoms with Gasteiger partial charge in [-0.3, -0.25) is 9.78 Å². The van der Waals surface area contributed by atoms with Gasteiger partial charge in [-0.05, 0) is 61.9 Å².